The van der Waals surface area contributed by atoms with Crippen molar-refractivity contribution in [2.24, 2.45) is 0 Å². The smallest absolute Gasteiger partial charge is 0.126 e. The molecular weight excluding hydrogens is 244 g/mol. The number of pyridine rings is 1. The van der Waals surface area contributed by atoms with Gasteiger partial charge in [-0.3, -0.25) is 0 Å². The van der Waals surface area contributed by atoms with Gasteiger partial charge in [0.25, 0.3) is 0 Å². The van der Waals surface area contributed by atoms with Gasteiger partial charge in [-0.1, -0.05) is 0 Å². The number of nitrogens with one attached hydrogen (secondary N) is 1. The molecule has 1 heterocycles. The van der Waals surface area contributed by atoms with Gasteiger partial charge in [-0.05, 0) is 47.8 Å². The zero-order valence-corrected chi connectivity index (χ0v) is 10.0. The Morgan fingerprint density at radius 1 is 1.64 bits per heavy atom. The van der Waals surface area contributed by atoms with Crippen molar-refractivity contribution < 1.29 is 5.11 Å². The molecule has 0 radical (unpaired) electrons. The fourth-order valence-electron chi connectivity index (χ4n) is 1.05. The van der Waals surface area contributed by atoms with Crippen LogP contribution in [0, 0.1) is 6.92 Å². The van der Waals surface area contributed by atoms with Crippen LogP contribution in [0.2, 0.25) is 0 Å². The maximum Gasteiger partial charge on any atom is 0.126 e. The molecule has 1 aromatic heterocycles. The summed E-state index contributed by atoms with van der Waals surface area (Å²) in [5.74, 6) is 0.853. The molecule has 1 aromatic rings. The lowest BCUT2D eigenvalue weighted by molar-refractivity contribution is 0.188. The number of aryl methyl sites for hydroxylation is 1. The molecule has 78 valence electrons. The molecule has 0 aliphatic carbocycles. The van der Waals surface area contributed by atoms with Gasteiger partial charge in [-0.2, -0.15) is 0 Å². The van der Waals surface area contributed by atoms with Crippen LogP contribution in [0.25, 0.3) is 0 Å². The number of hydrogen-bond acceptors (Lipinski definition) is 3. The van der Waals surface area contributed by atoms with Crippen molar-refractivity contribution in [1.82, 2.24) is 4.98 Å². The van der Waals surface area contributed by atoms with Gasteiger partial charge in [-0.15, -0.1) is 0 Å². The Morgan fingerprint density at radius 2 is 2.36 bits per heavy atom. The van der Waals surface area contributed by atoms with Crippen LogP contribution in [0.15, 0.2) is 16.7 Å². The fourth-order valence-corrected chi connectivity index (χ4v) is 1.26. The largest absolute Gasteiger partial charge is 0.393 e. The van der Waals surface area contributed by atoms with E-state index in [-0.39, 0.29) is 6.10 Å². The molecule has 0 spiro atoms. The molecule has 0 unspecified atom stereocenters. The van der Waals surface area contributed by atoms with Gasteiger partial charge in [-0.25, -0.2) is 4.98 Å². The maximum absolute atomic E-state index is 9.06. The normalized spacial score (nSPS) is 12.6. The van der Waals surface area contributed by atoms with E-state index in [1.54, 1.807) is 13.1 Å². The monoisotopic (exact) mass is 258 g/mol. The molecule has 1 rings (SSSR count). The van der Waals surface area contributed by atoms with Crippen LogP contribution in [-0.2, 0) is 0 Å². The van der Waals surface area contributed by atoms with Gasteiger partial charge in [0.2, 0.25) is 0 Å². The lowest BCUT2D eigenvalue weighted by atomic mass is 10.2. The second-order valence-corrected chi connectivity index (χ2v) is 4.24. The third-order valence-corrected chi connectivity index (χ3v) is 2.75. The minimum Gasteiger partial charge on any atom is -0.393 e. The van der Waals surface area contributed by atoms with E-state index in [4.69, 9.17) is 5.11 Å². The van der Waals surface area contributed by atoms with Crippen molar-refractivity contribution in [3.8, 4) is 0 Å². The van der Waals surface area contributed by atoms with E-state index in [0.29, 0.717) is 0 Å². The highest BCUT2D eigenvalue weighted by Gasteiger charge is 1.99. The summed E-state index contributed by atoms with van der Waals surface area (Å²) < 4.78 is 1.01. The zero-order chi connectivity index (χ0) is 10.6. The van der Waals surface area contributed by atoms with Crippen molar-refractivity contribution in [1.29, 1.82) is 0 Å². The summed E-state index contributed by atoms with van der Waals surface area (Å²) in [6.07, 6.45) is 2.25. The first-order chi connectivity index (χ1) is 6.59. The molecule has 0 aromatic carbocycles. The van der Waals surface area contributed by atoms with Crippen molar-refractivity contribution in [2.45, 2.75) is 26.4 Å². The summed E-state index contributed by atoms with van der Waals surface area (Å²) in [7, 11) is 0. The number of rotatable bonds is 4. The predicted octanol–water partition coefficient (Wildman–Crippen LogP) is 2.34. The van der Waals surface area contributed by atoms with E-state index in [9.17, 15) is 0 Å². The van der Waals surface area contributed by atoms with Gasteiger partial charge in [0.15, 0.2) is 0 Å². The summed E-state index contributed by atoms with van der Waals surface area (Å²) in [6, 6.07) is 1.98. The molecule has 4 heteroatoms. The first-order valence-electron chi connectivity index (χ1n) is 4.63. The van der Waals surface area contributed by atoms with E-state index in [2.05, 4.69) is 26.2 Å². The molecule has 0 bridgehead atoms. The summed E-state index contributed by atoms with van der Waals surface area (Å²) in [5, 5.41) is 12.2. The summed E-state index contributed by atoms with van der Waals surface area (Å²) in [6.45, 7) is 4.54. The first kappa shape index (κ1) is 11.5. The van der Waals surface area contributed by atoms with Crippen LogP contribution >= 0.6 is 15.9 Å². The molecular formula is C10H15BrN2O. The van der Waals surface area contributed by atoms with Crippen LogP contribution in [-0.4, -0.2) is 22.7 Å². The van der Waals surface area contributed by atoms with Crippen LogP contribution in [0.3, 0.4) is 0 Å². The Balaban J connectivity index is 2.47. The van der Waals surface area contributed by atoms with E-state index in [0.717, 1.165) is 28.8 Å². The number of halogens is 1. The quantitative estimate of drug-likeness (QED) is 0.872. The summed E-state index contributed by atoms with van der Waals surface area (Å²) in [5.41, 5.74) is 1.15. The Kier molecular flexibility index (Phi) is 4.35. The molecule has 0 saturated heterocycles. The highest BCUT2D eigenvalue weighted by Crippen LogP contribution is 2.17. The molecule has 2 N–H and O–H groups in total. The van der Waals surface area contributed by atoms with E-state index in [1.165, 1.54) is 0 Å². The Hall–Kier alpha value is -0.610. The molecule has 0 saturated carbocycles. The number of anilines is 1. The molecule has 0 aliphatic heterocycles. The number of aliphatic hydroxyl groups excluding tert-OH is 1. The lowest BCUT2D eigenvalue weighted by Crippen LogP contribution is -2.10. The average molecular weight is 259 g/mol. The maximum atomic E-state index is 9.06. The summed E-state index contributed by atoms with van der Waals surface area (Å²) >= 11 is 3.39. The van der Waals surface area contributed by atoms with E-state index >= 15 is 0 Å². The number of aliphatic hydroxyl groups is 1. The second-order valence-electron chi connectivity index (χ2n) is 3.38. The molecule has 0 amide bonds. The Labute approximate surface area is 92.7 Å². The SMILES string of the molecule is Cc1cc(NCC[C@H](C)O)ncc1Br. The van der Waals surface area contributed by atoms with Gasteiger partial charge in [0.05, 0.1) is 6.10 Å². The molecule has 1 atom stereocenters. The number of hydrogen-bond donors (Lipinski definition) is 2. The molecule has 0 fully saturated rings. The highest BCUT2D eigenvalue weighted by atomic mass is 79.9. The second kappa shape index (κ2) is 5.32. The van der Waals surface area contributed by atoms with Crippen molar-refractivity contribution in [3.05, 3.63) is 22.3 Å². The van der Waals surface area contributed by atoms with Gasteiger partial charge in [0.1, 0.15) is 5.82 Å². The van der Waals surface area contributed by atoms with Crippen molar-refractivity contribution >= 4 is 21.7 Å². The standard InChI is InChI=1S/C10H15BrN2O/c1-7-5-10(13-6-9(7)11)12-4-3-8(2)14/h5-6,8,14H,3-4H2,1-2H3,(H,12,13)/t8-/m0/s1. The van der Waals surface area contributed by atoms with Crippen LogP contribution in [0.1, 0.15) is 18.9 Å². The van der Waals surface area contributed by atoms with Gasteiger partial charge < -0.3 is 10.4 Å². The minimum atomic E-state index is -0.265. The third kappa shape index (κ3) is 3.64. The van der Waals surface area contributed by atoms with Gasteiger partial charge in [0, 0.05) is 17.2 Å². The van der Waals surface area contributed by atoms with Crippen LogP contribution in [0.4, 0.5) is 5.82 Å². The van der Waals surface area contributed by atoms with Gasteiger partial charge >= 0.3 is 0 Å². The fraction of sp³-hybridized carbons (Fsp3) is 0.500. The molecule has 0 aliphatic rings. The molecule has 14 heavy (non-hydrogen) atoms. The van der Waals surface area contributed by atoms with Crippen LogP contribution < -0.4 is 5.32 Å². The highest BCUT2D eigenvalue weighted by molar-refractivity contribution is 9.10. The number of aromatic nitrogens is 1. The summed E-state index contributed by atoms with van der Waals surface area (Å²) in [4.78, 5) is 4.20. The topological polar surface area (TPSA) is 45.1 Å². The minimum absolute atomic E-state index is 0.265. The predicted molar refractivity (Wildman–Crippen MR) is 61.5 cm³/mol. The Morgan fingerprint density at radius 3 is 2.93 bits per heavy atom. The Bertz CT molecular complexity index is 302. The van der Waals surface area contributed by atoms with Crippen LogP contribution in [0.5, 0.6) is 0 Å². The third-order valence-electron chi connectivity index (χ3n) is 1.92. The first-order valence-corrected chi connectivity index (χ1v) is 5.43. The van der Waals surface area contributed by atoms with E-state index in [1.807, 2.05) is 13.0 Å². The van der Waals surface area contributed by atoms with Crippen molar-refractivity contribution in [2.75, 3.05) is 11.9 Å². The van der Waals surface area contributed by atoms with Crippen molar-refractivity contribution in [3.63, 3.8) is 0 Å². The molecule has 3 nitrogen and oxygen atoms in total. The zero-order valence-electron chi connectivity index (χ0n) is 8.42. The lowest BCUT2D eigenvalue weighted by Gasteiger charge is -2.08. The average Bonchev–Trinajstić information content (AvgIpc) is 2.10. The van der Waals surface area contributed by atoms with E-state index < -0.39 is 0 Å². The number of nitrogens with zero attached hydrogens (tertiary/aromatic N) is 1.